The van der Waals surface area contributed by atoms with E-state index in [-0.39, 0.29) is 5.97 Å². The summed E-state index contributed by atoms with van der Waals surface area (Å²) in [5, 5.41) is 0. The number of methoxy groups -OCH3 is 1. The lowest BCUT2D eigenvalue weighted by Crippen LogP contribution is -2.34. The number of ether oxygens (including phenoxy) is 1. The predicted octanol–water partition coefficient (Wildman–Crippen LogP) is 2.74. The third-order valence-electron chi connectivity index (χ3n) is 4.21. The zero-order valence-electron chi connectivity index (χ0n) is 12.6. The number of likely N-dealkylation sites (tertiary alicyclic amines) is 1. The highest BCUT2D eigenvalue weighted by atomic mass is 16.5. The Bertz CT molecular complexity index is 434. The molecule has 4 nitrogen and oxygen atoms in total. The first-order chi connectivity index (χ1) is 9.60. The molecule has 1 aromatic heterocycles. The summed E-state index contributed by atoms with van der Waals surface area (Å²) in [6.07, 6.45) is 4.15. The van der Waals surface area contributed by atoms with E-state index in [0.29, 0.717) is 5.56 Å². The highest BCUT2D eigenvalue weighted by Crippen LogP contribution is 2.25. The second-order valence-corrected chi connectivity index (χ2v) is 5.89. The highest BCUT2D eigenvalue weighted by Gasteiger charge is 2.21. The van der Waals surface area contributed by atoms with Gasteiger partial charge in [0.1, 0.15) is 0 Å². The zero-order chi connectivity index (χ0) is 14.5. The summed E-state index contributed by atoms with van der Waals surface area (Å²) in [4.78, 5) is 18.1. The second kappa shape index (κ2) is 6.84. The van der Waals surface area contributed by atoms with Crippen LogP contribution in [0.4, 0.5) is 0 Å². The van der Waals surface area contributed by atoms with Crippen molar-refractivity contribution in [1.82, 2.24) is 9.88 Å². The minimum atomic E-state index is -0.332. The van der Waals surface area contributed by atoms with Crippen molar-refractivity contribution in [3.05, 3.63) is 29.6 Å². The topological polar surface area (TPSA) is 42.4 Å². The summed E-state index contributed by atoms with van der Waals surface area (Å²) in [6, 6.07) is 3.70. The van der Waals surface area contributed by atoms with Crippen LogP contribution >= 0.6 is 0 Å². The zero-order valence-corrected chi connectivity index (χ0v) is 12.6. The van der Waals surface area contributed by atoms with Gasteiger partial charge in [-0.05, 0) is 49.9 Å². The van der Waals surface area contributed by atoms with Crippen molar-refractivity contribution >= 4 is 5.97 Å². The molecule has 0 spiro atoms. The number of carbonyl (C=O) groups is 1. The lowest BCUT2D eigenvalue weighted by Gasteiger charge is -2.33. The number of nitrogens with zero attached hydrogens (tertiary/aromatic N) is 2. The molecule has 0 radical (unpaired) electrons. The molecule has 1 aliphatic rings. The molecule has 0 aliphatic carbocycles. The molecule has 0 amide bonds. The van der Waals surface area contributed by atoms with E-state index in [1.54, 1.807) is 12.3 Å². The van der Waals surface area contributed by atoms with E-state index in [2.05, 4.69) is 28.5 Å². The number of aromatic nitrogens is 1. The van der Waals surface area contributed by atoms with E-state index >= 15 is 0 Å². The van der Waals surface area contributed by atoms with Gasteiger partial charge in [-0.15, -0.1) is 0 Å². The Morgan fingerprint density at radius 2 is 2.10 bits per heavy atom. The molecular formula is C16H24N2O2. The number of piperidine rings is 1. The molecule has 1 fully saturated rings. The van der Waals surface area contributed by atoms with Gasteiger partial charge in [-0.1, -0.05) is 13.8 Å². The van der Waals surface area contributed by atoms with Crippen LogP contribution in [0.1, 0.15) is 42.7 Å². The Hall–Kier alpha value is -1.42. The molecule has 0 bridgehead atoms. The number of rotatable bonds is 4. The van der Waals surface area contributed by atoms with Gasteiger partial charge in [0.25, 0.3) is 0 Å². The van der Waals surface area contributed by atoms with Crippen LogP contribution in [0.15, 0.2) is 18.3 Å². The molecule has 110 valence electrons. The summed E-state index contributed by atoms with van der Waals surface area (Å²) in [7, 11) is 1.38. The molecule has 0 saturated carbocycles. The average Bonchev–Trinajstić information content (AvgIpc) is 2.48. The monoisotopic (exact) mass is 276 g/mol. The maximum atomic E-state index is 11.3. The standard InChI is InChI=1S/C16H24N2O2/c1-12(2)13-6-8-18(9-7-13)11-15-5-4-14(10-17-15)16(19)20-3/h4-5,10,12-13H,6-9,11H2,1-3H3. The molecule has 0 aromatic carbocycles. The Kier molecular flexibility index (Phi) is 5.12. The molecule has 4 heteroatoms. The van der Waals surface area contributed by atoms with E-state index in [0.717, 1.165) is 37.2 Å². The van der Waals surface area contributed by atoms with Gasteiger partial charge in [0.05, 0.1) is 18.4 Å². The van der Waals surface area contributed by atoms with Gasteiger partial charge in [0, 0.05) is 12.7 Å². The van der Waals surface area contributed by atoms with Crippen molar-refractivity contribution in [2.45, 2.75) is 33.2 Å². The van der Waals surface area contributed by atoms with Crippen molar-refractivity contribution in [1.29, 1.82) is 0 Å². The molecule has 1 aliphatic heterocycles. The van der Waals surface area contributed by atoms with E-state index in [4.69, 9.17) is 0 Å². The Balaban J connectivity index is 1.87. The van der Waals surface area contributed by atoms with Crippen LogP contribution in [0.5, 0.6) is 0 Å². The van der Waals surface area contributed by atoms with E-state index in [1.807, 2.05) is 6.07 Å². The van der Waals surface area contributed by atoms with Gasteiger partial charge in [-0.2, -0.15) is 0 Å². The fourth-order valence-electron chi connectivity index (χ4n) is 2.76. The Labute approximate surface area is 121 Å². The van der Waals surface area contributed by atoms with Gasteiger partial charge >= 0.3 is 5.97 Å². The maximum absolute atomic E-state index is 11.3. The predicted molar refractivity (Wildman–Crippen MR) is 78.4 cm³/mol. The quantitative estimate of drug-likeness (QED) is 0.793. The first-order valence-corrected chi connectivity index (χ1v) is 7.35. The van der Waals surface area contributed by atoms with Gasteiger partial charge in [-0.3, -0.25) is 9.88 Å². The van der Waals surface area contributed by atoms with Crippen LogP contribution in [0.25, 0.3) is 0 Å². The van der Waals surface area contributed by atoms with Gasteiger partial charge < -0.3 is 4.74 Å². The lowest BCUT2D eigenvalue weighted by molar-refractivity contribution is 0.0600. The van der Waals surface area contributed by atoms with Crippen molar-refractivity contribution in [2.75, 3.05) is 20.2 Å². The van der Waals surface area contributed by atoms with Gasteiger partial charge in [0.2, 0.25) is 0 Å². The molecule has 2 heterocycles. The largest absolute Gasteiger partial charge is 0.465 e. The van der Waals surface area contributed by atoms with E-state index < -0.39 is 0 Å². The summed E-state index contributed by atoms with van der Waals surface area (Å²) in [6.45, 7) is 7.78. The molecular weight excluding hydrogens is 252 g/mol. The number of hydrogen-bond donors (Lipinski definition) is 0. The first-order valence-electron chi connectivity index (χ1n) is 7.35. The minimum Gasteiger partial charge on any atom is -0.465 e. The van der Waals surface area contributed by atoms with Crippen LogP contribution in [0, 0.1) is 11.8 Å². The normalized spacial score (nSPS) is 17.4. The number of esters is 1. The number of hydrogen-bond acceptors (Lipinski definition) is 4. The number of carbonyl (C=O) groups excluding carboxylic acids is 1. The molecule has 1 aromatic rings. The van der Waals surface area contributed by atoms with Crippen LogP contribution in [-0.2, 0) is 11.3 Å². The fraction of sp³-hybridized carbons (Fsp3) is 0.625. The summed E-state index contributed by atoms with van der Waals surface area (Å²) in [5.74, 6) is 1.32. The minimum absolute atomic E-state index is 0.332. The molecule has 20 heavy (non-hydrogen) atoms. The third kappa shape index (κ3) is 3.79. The van der Waals surface area contributed by atoms with Crippen molar-refractivity contribution in [2.24, 2.45) is 11.8 Å². The third-order valence-corrected chi connectivity index (χ3v) is 4.21. The van der Waals surface area contributed by atoms with Crippen LogP contribution < -0.4 is 0 Å². The summed E-state index contributed by atoms with van der Waals surface area (Å²) < 4.78 is 4.67. The highest BCUT2D eigenvalue weighted by molar-refractivity contribution is 5.88. The SMILES string of the molecule is COC(=O)c1ccc(CN2CCC(C(C)C)CC2)nc1. The molecule has 0 unspecified atom stereocenters. The lowest BCUT2D eigenvalue weighted by atomic mass is 9.87. The van der Waals surface area contributed by atoms with Crippen LogP contribution in [0.3, 0.4) is 0 Å². The molecule has 0 N–H and O–H groups in total. The van der Waals surface area contributed by atoms with Crippen molar-refractivity contribution < 1.29 is 9.53 Å². The average molecular weight is 276 g/mol. The van der Waals surface area contributed by atoms with Crippen LogP contribution in [-0.4, -0.2) is 36.1 Å². The molecule has 0 atom stereocenters. The van der Waals surface area contributed by atoms with Gasteiger partial charge in [-0.25, -0.2) is 4.79 Å². The van der Waals surface area contributed by atoms with E-state index in [9.17, 15) is 4.79 Å². The van der Waals surface area contributed by atoms with E-state index in [1.165, 1.54) is 20.0 Å². The second-order valence-electron chi connectivity index (χ2n) is 5.89. The summed E-state index contributed by atoms with van der Waals surface area (Å²) in [5.41, 5.74) is 1.52. The van der Waals surface area contributed by atoms with Gasteiger partial charge in [0.15, 0.2) is 0 Å². The maximum Gasteiger partial charge on any atom is 0.339 e. The van der Waals surface area contributed by atoms with Crippen LogP contribution in [0.2, 0.25) is 0 Å². The van der Waals surface area contributed by atoms with Crippen molar-refractivity contribution in [3.63, 3.8) is 0 Å². The molecule has 1 saturated heterocycles. The first kappa shape index (κ1) is 15.0. The summed E-state index contributed by atoms with van der Waals surface area (Å²) >= 11 is 0. The smallest absolute Gasteiger partial charge is 0.339 e. The Morgan fingerprint density at radius 3 is 2.60 bits per heavy atom. The molecule has 2 rings (SSSR count). The fourth-order valence-corrected chi connectivity index (χ4v) is 2.76. The van der Waals surface area contributed by atoms with Crippen molar-refractivity contribution in [3.8, 4) is 0 Å². The number of pyridine rings is 1. The Morgan fingerprint density at radius 1 is 1.40 bits per heavy atom.